The first-order valence-electron chi connectivity index (χ1n) is 10.6. The molecule has 0 aliphatic carbocycles. The molecule has 0 spiro atoms. The van der Waals surface area contributed by atoms with Crippen molar-refractivity contribution in [2.45, 2.75) is 50.3 Å². The van der Waals surface area contributed by atoms with Gasteiger partial charge in [0, 0.05) is 24.2 Å². The van der Waals surface area contributed by atoms with Crippen molar-refractivity contribution in [2.75, 3.05) is 18.4 Å². The SMILES string of the molecule is CC(C)(C)c1nc2cc(NC(=O)c3cc(S(=O)(=O)N4CCCCC4)ccc3Cl)ccc2o1. The highest BCUT2D eigenvalue weighted by Crippen LogP contribution is 2.29. The Kier molecular flexibility index (Phi) is 6.04. The van der Waals surface area contributed by atoms with Crippen molar-refractivity contribution in [3.63, 3.8) is 0 Å². The predicted molar refractivity (Wildman–Crippen MR) is 125 cm³/mol. The molecule has 0 radical (unpaired) electrons. The number of fused-ring (bicyclic) bond motifs is 1. The lowest BCUT2D eigenvalue weighted by Gasteiger charge is -2.26. The number of hydrogen-bond donors (Lipinski definition) is 1. The van der Waals surface area contributed by atoms with Gasteiger partial charge >= 0.3 is 0 Å². The van der Waals surface area contributed by atoms with Crippen LogP contribution in [0.4, 0.5) is 5.69 Å². The first kappa shape index (κ1) is 22.8. The second-order valence-corrected chi connectivity index (χ2v) is 11.4. The van der Waals surface area contributed by atoms with Crippen LogP contribution in [0.15, 0.2) is 45.7 Å². The first-order chi connectivity index (χ1) is 15.1. The Morgan fingerprint density at radius 3 is 2.50 bits per heavy atom. The van der Waals surface area contributed by atoms with E-state index in [9.17, 15) is 13.2 Å². The Labute approximate surface area is 192 Å². The summed E-state index contributed by atoms with van der Waals surface area (Å²) in [6, 6.07) is 9.40. The third kappa shape index (κ3) is 4.53. The monoisotopic (exact) mass is 475 g/mol. The normalized spacial score (nSPS) is 15.8. The van der Waals surface area contributed by atoms with Crippen molar-refractivity contribution in [1.82, 2.24) is 9.29 Å². The smallest absolute Gasteiger partial charge is 0.257 e. The fourth-order valence-corrected chi connectivity index (χ4v) is 5.36. The summed E-state index contributed by atoms with van der Waals surface area (Å²) in [6.07, 6.45) is 2.69. The molecule has 1 aliphatic heterocycles. The number of nitrogens with one attached hydrogen (secondary N) is 1. The molecule has 0 atom stereocenters. The minimum absolute atomic E-state index is 0.0655. The summed E-state index contributed by atoms with van der Waals surface area (Å²) in [7, 11) is -3.68. The number of rotatable bonds is 4. The lowest BCUT2D eigenvalue weighted by molar-refractivity contribution is 0.102. The molecule has 3 aromatic rings. The summed E-state index contributed by atoms with van der Waals surface area (Å²) in [5.74, 6) is 0.110. The van der Waals surface area contributed by atoms with Crippen LogP contribution in [0.1, 0.15) is 56.3 Å². The number of carbonyl (C=O) groups is 1. The second kappa shape index (κ2) is 8.50. The summed E-state index contributed by atoms with van der Waals surface area (Å²) in [5.41, 5.74) is 1.62. The summed E-state index contributed by atoms with van der Waals surface area (Å²) in [4.78, 5) is 17.5. The number of aromatic nitrogens is 1. The molecule has 1 amide bonds. The third-order valence-corrected chi connectivity index (χ3v) is 7.65. The van der Waals surface area contributed by atoms with E-state index in [1.165, 1.54) is 22.5 Å². The van der Waals surface area contributed by atoms with E-state index in [1.807, 2.05) is 20.8 Å². The van der Waals surface area contributed by atoms with Crippen LogP contribution in [0.2, 0.25) is 5.02 Å². The minimum Gasteiger partial charge on any atom is -0.440 e. The quantitative estimate of drug-likeness (QED) is 0.559. The lowest BCUT2D eigenvalue weighted by Crippen LogP contribution is -2.35. The number of piperidine rings is 1. The number of halogens is 1. The Hall–Kier alpha value is -2.42. The molecule has 1 aromatic heterocycles. The van der Waals surface area contributed by atoms with Crippen LogP contribution in [0.3, 0.4) is 0 Å². The Morgan fingerprint density at radius 2 is 1.81 bits per heavy atom. The average molecular weight is 476 g/mol. The topological polar surface area (TPSA) is 92.5 Å². The number of benzene rings is 2. The average Bonchev–Trinajstić information content (AvgIpc) is 3.18. The molecule has 9 heteroatoms. The summed E-state index contributed by atoms with van der Waals surface area (Å²) in [5, 5.41) is 2.96. The molecule has 0 bridgehead atoms. The van der Waals surface area contributed by atoms with Gasteiger partial charge in [0.25, 0.3) is 5.91 Å². The highest BCUT2D eigenvalue weighted by atomic mass is 35.5. The molecule has 170 valence electrons. The van der Waals surface area contributed by atoms with Crippen LogP contribution in [-0.4, -0.2) is 36.7 Å². The van der Waals surface area contributed by atoms with Crippen LogP contribution < -0.4 is 5.32 Å². The molecule has 0 unspecified atom stereocenters. The zero-order valence-electron chi connectivity index (χ0n) is 18.3. The molecular formula is C23H26ClN3O4S. The molecule has 7 nitrogen and oxygen atoms in total. The molecule has 2 heterocycles. The van der Waals surface area contributed by atoms with Gasteiger partial charge in [-0.2, -0.15) is 4.31 Å². The van der Waals surface area contributed by atoms with E-state index in [2.05, 4.69) is 10.3 Å². The third-order valence-electron chi connectivity index (χ3n) is 5.42. The van der Waals surface area contributed by atoms with Crippen LogP contribution >= 0.6 is 11.6 Å². The Balaban J connectivity index is 1.60. The largest absolute Gasteiger partial charge is 0.440 e. The maximum Gasteiger partial charge on any atom is 0.257 e. The van der Waals surface area contributed by atoms with Crippen molar-refractivity contribution in [3.05, 3.63) is 52.9 Å². The molecule has 1 N–H and O–H groups in total. The van der Waals surface area contributed by atoms with Gasteiger partial charge in [0.2, 0.25) is 15.9 Å². The zero-order valence-corrected chi connectivity index (χ0v) is 19.9. The van der Waals surface area contributed by atoms with Crippen LogP contribution in [0.5, 0.6) is 0 Å². The fraction of sp³-hybridized carbons (Fsp3) is 0.391. The zero-order chi connectivity index (χ0) is 23.1. The van der Waals surface area contributed by atoms with Gasteiger partial charge < -0.3 is 9.73 Å². The van der Waals surface area contributed by atoms with Crippen molar-refractivity contribution in [1.29, 1.82) is 0 Å². The van der Waals surface area contributed by atoms with E-state index in [0.29, 0.717) is 35.8 Å². The van der Waals surface area contributed by atoms with E-state index < -0.39 is 15.9 Å². The first-order valence-corrected chi connectivity index (χ1v) is 12.4. The number of anilines is 1. The molecular weight excluding hydrogens is 450 g/mol. The van der Waals surface area contributed by atoms with Crippen molar-refractivity contribution >= 4 is 44.3 Å². The maximum atomic E-state index is 13.0. The highest BCUT2D eigenvalue weighted by Gasteiger charge is 2.27. The van der Waals surface area contributed by atoms with Gasteiger partial charge in [0.15, 0.2) is 5.58 Å². The molecule has 0 saturated carbocycles. The van der Waals surface area contributed by atoms with Gasteiger partial charge in [-0.15, -0.1) is 0 Å². The number of nitrogens with zero attached hydrogens (tertiary/aromatic N) is 2. The summed E-state index contributed by atoms with van der Waals surface area (Å²) in [6.45, 7) is 7.00. The summed E-state index contributed by atoms with van der Waals surface area (Å²) < 4.78 is 33.2. The van der Waals surface area contributed by atoms with Gasteiger partial charge in [-0.05, 0) is 49.2 Å². The standard InChI is InChI=1S/C23H26ClN3O4S/c1-23(2,3)22-26-19-13-15(7-10-20(19)31-22)25-21(28)17-14-16(8-9-18(17)24)32(29,30)27-11-5-4-6-12-27/h7-10,13-14H,4-6,11-12H2,1-3H3,(H,25,28). The Bertz CT molecular complexity index is 1270. The minimum atomic E-state index is -3.68. The van der Waals surface area contributed by atoms with Gasteiger partial charge in [0.05, 0.1) is 15.5 Å². The van der Waals surface area contributed by atoms with Gasteiger partial charge in [-0.3, -0.25) is 4.79 Å². The predicted octanol–water partition coefficient (Wildman–Crippen LogP) is 5.21. The lowest BCUT2D eigenvalue weighted by atomic mass is 9.97. The van der Waals surface area contributed by atoms with Crippen molar-refractivity contribution in [3.8, 4) is 0 Å². The van der Waals surface area contributed by atoms with E-state index in [0.717, 1.165) is 19.3 Å². The summed E-state index contributed by atoms with van der Waals surface area (Å²) >= 11 is 6.25. The second-order valence-electron chi connectivity index (χ2n) is 9.01. The number of oxazole rings is 1. The molecule has 2 aromatic carbocycles. The van der Waals surface area contributed by atoms with E-state index in [-0.39, 0.29) is 20.9 Å². The molecule has 1 saturated heterocycles. The molecule has 4 rings (SSSR count). The highest BCUT2D eigenvalue weighted by molar-refractivity contribution is 7.89. The number of sulfonamides is 1. The number of amides is 1. The molecule has 1 fully saturated rings. The van der Waals surface area contributed by atoms with Crippen LogP contribution in [-0.2, 0) is 15.4 Å². The Morgan fingerprint density at radius 1 is 1.09 bits per heavy atom. The van der Waals surface area contributed by atoms with Gasteiger partial charge in [-0.1, -0.05) is 38.8 Å². The maximum absolute atomic E-state index is 13.0. The van der Waals surface area contributed by atoms with E-state index >= 15 is 0 Å². The molecule has 1 aliphatic rings. The number of carbonyl (C=O) groups excluding carboxylic acids is 1. The fourth-order valence-electron chi connectivity index (χ4n) is 3.62. The van der Waals surface area contributed by atoms with Crippen molar-refractivity contribution in [2.24, 2.45) is 0 Å². The van der Waals surface area contributed by atoms with Gasteiger partial charge in [-0.25, -0.2) is 13.4 Å². The van der Waals surface area contributed by atoms with E-state index in [4.69, 9.17) is 16.0 Å². The number of hydrogen-bond acceptors (Lipinski definition) is 5. The van der Waals surface area contributed by atoms with Crippen LogP contribution in [0, 0.1) is 0 Å². The van der Waals surface area contributed by atoms with Crippen molar-refractivity contribution < 1.29 is 17.6 Å². The van der Waals surface area contributed by atoms with Gasteiger partial charge in [0.1, 0.15) is 5.52 Å². The molecule has 32 heavy (non-hydrogen) atoms. The van der Waals surface area contributed by atoms with Crippen LogP contribution in [0.25, 0.3) is 11.1 Å². The van der Waals surface area contributed by atoms with E-state index in [1.54, 1.807) is 18.2 Å².